The van der Waals surface area contributed by atoms with Crippen molar-refractivity contribution in [3.63, 3.8) is 0 Å². The molecule has 0 aliphatic heterocycles. The van der Waals surface area contributed by atoms with Crippen molar-refractivity contribution >= 4 is 11.7 Å². The fourth-order valence-corrected chi connectivity index (χ4v) is 1.61. The third-order valence-electron chi connectivity index (χ3n) is 2.70. The standard InChI is InChI=1S/C13H17N5O4/c1-4-9-17-18-11(22-9)7-14-13(19)15-8-5-6-10(20-2)16-12(8)21-3/h5-6H,4,7H2,1-3H3,(H2,14,15,19). The molecule has 9 heteroatoms. The van der Waals surface area contributed by atoms with Crippen LogP contribution in [-0.2, 0) is 13.0 Å². The van der Waals surface area contributed by atoms with Gasteiger partial charge in [0.2, 0.25) is 23.5 Å². The quantitative estimate of drug-likeness (QED) is 0.828. The molecule has 2 aromatic rings. The van der Waals surface area contributed by atoms with Gasteiger partial charge in [-0.1, -0.05) is 6.92 Å². The van der Waals surface area contributed by atoms with Gasteiger partial charge in [-0.05, 0) is 6.07 Å². The lowest BCUT2D eigenvalue weighted by Gasteiger charge is -2.10. The van der Waals surface area contributed by atoms with E-state index in [2.05, 4.69) is 25.8 Å². The monoisotopic (exact) mass is 307 g/mol. The number of nitrogens with zero attached hydrogens (tertiary/aromatic N) is 3. The molecule has 0 aromatic carbocycles. The Morgan fingerprint density at radius 2 is 2.00 bits per heavy atom. The van der Waals surface area contributed by atoms with Crippen molar-refractivity contribution < 1.29 is 18.7 Å². The Kier molecular flexibility index (Phi) is 5.12. The maximum absolute atomic E-state index is 11.9. The van der Waals surface area contributed by atoms with E-state index < -0.39 is 6.03 Å². The topological polar surface area (TPSA) is 111 Å². The Balaban J connectivity index is 1.94. The average Bonchev–Trinajstić information content (AvgIpc) is 3.01. The van der Waals surface area contributed by atoms with E-state index in [0.717, 1.165) is 0 Å². The van der Waals surface area contributed by atoms with Gasteiger partial charge < -0.3 is 24.5 Å². The zero-order valence-corrected chi connectivity index (χ0v) is 12.5. The van der Waals surface area contributed by atoms with Crippen LogP contribution >= 0.6 is 0 Å². The molecule has 0 fully saturated rings. The van der Waals surface area contributed by atoms with Crippen molar-refractivity contribution in [1.82, 2.24) is 20.5 Å². The smallest absolute Gasteiger partial charge is 0.319 e. The second-order valence-corrected chi connectivity index (χ2v) is 4.16. The first kappa shape index (κ1) is 15.5. The number of carbonyl (C=O) groups is 1. The van der Waals surface area contributed by atoms with Gasteiger partial charge in [0, 0.05) is 12.5 Å². The first-order valence-electron chi connectivity index (χ1n) is 6.61. The van der Waals surface area contributed by atoms with Crippen molar-refractivity contribution in [2.45, 2.75) is 19.9 Å². The zero-order chi connectivity index (χ0) is 15.9. The van der Waals surface area contributed by atoms with Gasteiger partial charge >= 0.3 is 6.03 Å². The number of ether oxygens (including phenoxy) is 2. The maximum atomic E-state index is 11.9. The van der Waals surface area contributed by atoms with Crippen LogP contribution in [0, 0.1) is 0 Å². The predicted molar refractivity (Wildman–Crippen MR) is 76.9 cm³/mol. The molecule has 0 radical (unpaired) electrons. The third kappa shape index (κ3) is 3.84. The molecule has 2 rings (SSSR count). The van der Waals surface area contributed by atoms with Crippen molar-refractivity contribution in [3.05, 3.63) is 23.9 Å². The third-order valence-corrected chi connectivity index (χ3v) is 2.70. The van der Waals surface area contributed by atoms with Crippen LogP contribution in [0.1, 0.15) is 18.7 Å². The van der Waals surface area contributed by atoms with Gasteiger partial charge in [-0.3, -0.25) is 0 Å². The molecule has 2 aromatic heterocycles. The number of pyridine rings is 1. The molecule has 0 aliphatic rings. The van der Waals surface area contributed by atoms with Crippen molar-refractivity contribution in [1.29, 1.82) is 0 Å². The summed E-state index contributed by atoms with van der Waals surface area (Å²) in [5, 5.41) is 12.8. The van der Waals surface area contributed by atoms with Gasteiger partial charge in [0.25, 0.3) is 0 Å². The van der Waals surface area contributed by atoms with E-state index in [1.54, 1.807) is 12.1 Å². The highest BCUT2D eigenvalue weighted by molar-refractivity contribution is 5.90. The molecule has 0 unspecified atom stereocenters. The summed E-state index contributed by atoms with van der Waals surface area (Å²) in [6, 6.07) is 2.80. The minimum atomic E-state index is -0.443. The van der Waals surface area contributed by atoms with Crippen LogP contribution in [0.5, 0.6) is 11.8 Å². The molecule has 118 valence electrons. The lowest BCUT2D eigenvalue weighted by molar-refractivity contribution is 0.250. The first-order chi connectivity index (χ1) is 10.7. The van der Waals surface area contributed by atoms with Crippen LogP contribution in [0.2, 0.25) is 0 Å². The van der Waals surface area contributed by atoms with Crippen LogP contribution < -0.4 is 20.1 Å². The molecule has 0 bridgehead atoms. The van der Waals surface area contributed by atoms with Gasteiger partial charge in [-0.15, -0.1) is 10.2 Å². The Morgan fingerprint density at radius 3 is 2.64 bits per heavy atom. The summed E-state index contributed by atoms with van der Waals surface area (Å²) in [7, 11) is 2.95. The van der Waals surface area contributed by atoms with E-state index in [-0.39, 0.29) is 12.4 Å². The number of rotatable bonds is 6. The Morgan fingerprint density at radius 1 is 1.23 bits per heavy atom. The molecule has 9 nitrogen and oxygen atoms in total. The molecule has 2 N–H and O–H groups in total. The number of carbonyl (C=O) groups excluding carboxylic acids is 1. The number of amides is 2. The van der Waals surface area contributed by atoms with Gasteiger partial charge in [0.15, 0.2) is 0 Å². The van der Waals surface area contributed by atoms with Crippen molar-refractivity contribution in [2.75, 3.05) is 19.5 Å². The summed E-state index contributed by atoms with van der Waals surface area (Å²) in [4.78, 5) is 15.9. The molecule has 0 saturated carbocycles. The fraction of sp³-hybridized carbons (Fsp3) is 0.385. The summed E-state index contributed by atoms with van der Waals surface area (Å²) < 4.78 is 15.4. The van der Waals surface area contributed by atoms with Crippen LogP contribution in [0.3, 0.4) is 0 Å². The lowest BCUT2D eigenvalue weighted by atomic mass is 10.4. The van der Waals surface area contributed by atoms with Crippen LogP contribution in [0.15, 0.2) is 16.5 Å². The van der Waals surface area contributed by atoms with Crippen LogP contribution in [-0.4, -0.2) is 35.4 Å². The number of hydrogen-bond acceptors (Lipinski definition) is 7. The van der Waals surface area contributed by atoms with Gasteiger partial charge in [-0.2, -0.15) is 4.98 Å². The molecule has 0 aliphatic carbocycles. The van der Waals surface area contributed by atoms with E-state index in [0.29, 0.717) is 29.8 Å². The molecular weight excluding hydrogens is 290 g/mol. The fourth-order valence-electron chi connectivity index (χ4n) is 1.61. The molecule has 0 spiro atoms. The summed E-state index contributed by atoms with van der Waals surface area (Å²) >= 11 is 0. The van der Waals surface area contributed by atoms with E-state index in [1.807, 2.05) is 6.92 Å². The summed E-state index contributed by atoms with van der Waals surface area (Å²) in [5.41, 5.74) is 0.417. The summed E-state index contributed by atoms with van der Waals surface area (Å²) in [6.45, 7) is 2.03. The number of urea groups is 1. The van der Waals surface area contributed by atoms with Crippen molar-refractivity contribution in [2.24, 2.45) is 0 Å². The van der Waals surface area contributed by atoms with E-state index in [9.17, 15) is 4.79 Å². The number of aryl methyl sites for hydroxylation is 1. The van der Waals surface area contributed by atoms with Gasteiger partial charge in [-0.25, -0.2) is 4.79 Å². The zero-order valence-electron chi connectivity index (χ0n) is 12.5. The largest absolute Gasteiger partial charge is 0.481 e. The van der Waals surface area contributed by atoms with Crippen LogP contribution in [0.25, 0.3) is 0 Å². The number of anilines is 1. The summed E-state index contributed by atoms with van der Waals surface area (Å²) in [6.07, 6.45) is 0.647. The highest BCUT2D eigenvalue weighted by atomic mass is 16.5. The normalized spacial score (nSPS) is 10.1. The summed E-state index contributed by atoms with van der Waals surface area (Å²) in [5.74, 6) is 1.51. The molecule has 0 atom stereocenters. The highest BCUT2D eigenvalue weighted by Crippen LogP contribution is 2.24. The number of methoxy groups -OCH3 is 2. The molecule has 22 heavy (non-hydrogen) atoms. The minimum Gasteiger partial charge on any atom is -0.481 e. The highest BCUT2D eigenvalue weighted by Gasteiger charge is 2.11. The lowest BCUT2D eigenvalue weighted by Crippen LogP contribution is -2.28. The second-order valence-electron chi connectivity index (χ2n) is 4.16. The van der Waals surface area contributed by atoms with Gasteiger partial charge in [0.1, 0.15) is 5.69 Å². The number of nitrogens with one attached hydrogen (secondary N) is 2. The Labute approximate surface area is 127 Å². The average molecular weight is 307 g/mol. The SMILES string of the molecule is CCc1nnc(CNC(=O)Nc2ccc(OC)nc2OC)o1. The predicted octanol–water partition coefficient (Wildman–Crippen LogP) is 1.37. The second kappa shape index (κ2) is 7.25. The van der Waals surface area contributed by atoms with E-state index in [4.69, 9.17) is 13.9 Å². The first-order valence-corrected chi connectivity index (χ1v) is 6.61. The Bertz CT molecular complexity index is 643. The Hall–Kier alpha value is -2.84. The molecule has 2 heterocycles. The minimum absolute atomic E-state index is 0.130. The van der Waals surface area contributed by atoms with E-state index in [1.165, 1.54) is 14.2 Å². The number of aromatic nitrogens is 3. The molecular formula is C13H17N5O4. The van der Waals surface area contributed by atoms with Crippen molar-refractivity contribution in [3.8, 4) is 11.8 Å². The molecule has 2 amide bonds. The maximum Gasteiger partial charge on any atom is 0.319 e. The van der Waals surface area contributed by atoms with Crippen LogP contribution in [0.4, 0.5) is 10.5 Å². The van der Waals surface area contributed by atoms with Gasteiger partial charge in [0.05, 0.1) is 20.8 Å². The van der Waals surface area contributed by atoms with E-state index >= 15 is 0 Å². The molecule has 0 saturated heterocycles. The number of hydrogen-bond donors (Lipinski definition) is 2.